The second-order valence-corrected chi connectivity index (χ2v) is 3.36. The van der Waals surface area contributed by atoms with Crippen molar-refractivity contribution in [2.75, 3.05) is 19.3 Å². The third-order valence-corrected chi connectivity index (χ3v) is 2.61. The summed E-state index contributed by atoms with van der Waals surface area (Å²) < 4.78 is 0. The van der Waals surface area contributed by atoms with Crippen molar-refractivity contribution in [1.82, 2.24) is 5.32 Å². The fourth-order valence-corrected chi connectivity index (χ4v) is 1.79. The first-order valence-electron chi connectivity index (χ1n) is 3.63. The molecule has 1 N–H and O–H groups in total. The van der Waals surface area contributed by atoms with Crippen molar-refractivity contribution in [3.63, 3.8) is 0 Å². The summed E-state index contributed by atoms with van der Waals surface area (Å²) in [5, 5.41) is 3.59. The summed E-state index contributed by atoms with van der Waals surface area (Å²) in [6.45, 7) is 2.02. The van der Waals surface area contributed by atoms with Gasteiger partial charge in [0.25, 0.3) is 0 Å². The van der Waals surface area contributed by atoms with Gasteiger partial charge in [0.15, 0.2) is 5.12 Å². The maximum atomic E-state index is 11.1. The van der Waals surface area contributed by atoms with E-state index in [-0.39, 0.29) is 0 Å². The molecule has 10 heavy (non-hydrogen) atoms. The van der Waals surface area contributed by atoms with Gasteiger partial charge in [-0.05, 0) is 32.2 Å². The standard InChI is InChI=1S/C7H13NOS/c1-10-7(9)6-2-4-8-5-3-6/h6,8H,2-5H2,1H3. The zero-order valence-electron chi connectivity index (χ0n) is 6.22. The molecule has 1 saturated heterocycles. The fourth-order valence-electron chi connectivity index (χ4n) is 1.22. The number of thioether (sulfide) groups is 1. The van der Waals surface area contributed by atoms with Crippen molar-refractivity contribution in [2.45, 2.75) is 12.8 Å². The maximum absolute atomic E-state index is 11.1. The molecule has 0 aromatic heterocycles. The van der Waals surface area contributed by atoms with Gasteiger partial charge in [0.05, 0.1) is 0 Å². The lowest BCUT2D eigenvalue weighted by Crippen LogP contribution is -2.30. The van der Waals surface area contributed by atoms with Crippen molar-refractivity contribution in [3.8, 4) is 0 Å². The number of piperidine rings is 1. The minimum Gasteiger partial charge on any atom is -0.317 e. The minimum atomic E-state index is 0.330. The highest BCUT2D eigenvalue weighted by atomic mass is 32.2. The largest absolute Gasteiger partial charge is 0.317 e. The highest BCUT2D eigenvalue weighted by Crippen LogP contribution is 2.17. The van der Waals surface area contributed by atoms with Crippen LogP contribution in [0.15, 0.2) is 0 Å². The highest BCUT2D eigenvalue weighted by molar-refractivity contribution is 8.13. The molecule has 0 radical (unpaired) electrons. The summed E-state index contributed by atoms with van der Waals surface area (Å²) in [5.74, 6) is 0.330. The number of carbonyl (C=O) groups excluding carboxylic acids is 1. The van der Waals surface area contributed by atoms with Crippen molar-refractivity contribution in [2.24, 2.45) is 5.92 Å². The molecule has 0 spiro atoms. The Morgan fingerprint density at radius 2 is 2.10 bits per heavy atom. The SMILES string of the molecule is CSC(=O)C1CCNCC1. The van der Waals surface area contributed by atoms with E-state index in [1.807, 2.05) is 6.26 Å². The zero-order valence-corrected chi connectivity index (χ0v) is 7.04. The normalized spacial score (nSPS) is 20.9. The van der Waals surface area contributed by atoms with E-state index < -0.39 is 0 Å². The van der Waals surface area contributed by atoms with Crippen LogP contribution in [0.25, 0.3) is 0 Å². The van der Waals surface area contributed by atoms with Crippen molar-refractivity contribution in [3.05, 3.63) is 0 Å². The van der Waals surface area contributed by atoms with Crippen LogP contribution in [0, 0.1) is 5.92 Å². The van der Waals surface area contributed by atoms with Crippen LogP contribution < -0.4 is 5.32 Å². The Bertz CT molecular complexity index is 121. The lowest BCUT2D eigenvalue weighted by atomic mass is 10.0. The third kappa shape index (κ3) is 1.99. The summed E-state index contributed by atoms with van der Waals surface area (Å²) >= 11 is 1.36. The Morgan fingerprint density at radius 3 is 2.60 bits per heavy atom. The second-order valence-electron chi connectivity index (χ2n) is 2.55. The smallest absolute Gasteiger partial charge is 0.191 e. The van der Waals surface area contributed by atoms with Crippen LogP contribution in [0.2, 0.25) is 0 Å². The van der Waals surface area contributed by atoms with E-state index in [0.29, 0.717) is 11.0 Å². The number of hydrogen-bond donors (Lipinski definition) is 1. The third-order valence-electron chi connectivity index (χ3n) is 1.87. The average Bonchev–Trinajstić information content (AvgIpc) is 2.05. The maximum Gasteiger partial charge on any atom is 0.191 e. The number of nitrogens with one attached hydrogen (secondary N) is 1. The van der Waals surface area contributed by atoms with Gasteiger partial charge in [0, 0.05) is 5.92 Å². The fraction of sp³-hybridized carbons (Fsp3) is 0.857. The summed E-state index contributed by atoms with van der Waals surface area (Å²) in [4.78, 5) is 11.1. The van der Waals surface area contributed by atoms with Crippen LogP contribution in [0.5, 0.6) is 0 Å². The molecule has 58 valence electrons. The zero-order chi connectivity index (χ0) is 7.40. The molecule has 0 aliphatic carbocycles. The van der Waals surface area contributed by atoms with Crippen molar-refractivity contribution < 1.29 is 4.79 Å². The van der Waals surface area contributed by atoms with Gasteiger partial charge in [-0.25, -0.2) is 0 Å². The molecule has 1 rings (SSSR count). The van der Waals surface area contributed by atoms with Crippen LogP contribution in [0.1, 0.15) is 12.8 Å². The van der Waals surface area contributed by atoms with Gasteiger partial charge < -0.3 is 5.32 Å². The van der Waals surface area contributed by atoms with Gasteiger partial charge in [-0.2, -0.15) is 0 Å². The Balaban J connectivity index is 2.31. The second kappa shape index (κ2) is 3.98. The molecular formula is C7H13NOS. The van der Waals surface area contributed by atoms with E-state index >= 15 is 0 Å². The molecule has 1 aliphatic heterocycles. The number of hydrogen-bond acceptors (Lipinski definition) is 3. The summed E-state index contributed by atoms with van der Waals surface area (Å²) in [7, 11) is 0. The Morgan fingerprint density at radius 1 is 1.50 bits per heavy atom. The predicted octanol–water partition coefficient (Wildman–Crippen LogP) is 0.876. The van der Waals surface area contributed by atoms with Gasteiger partial charge in [0.2, 0.25) is 0 Å². The first-order chi connectivity index (χ1) is 4.84. The Hall–Kier alpha value is -0.0200. The van der Waals surface area contributed by atoms with E-state index in [0.717, 1.165) is 25.9 Å². The van der Waals surface area contributed by atoms with Crippen molar-refractivity contribution >= 4 is 16.9 Å². The van der Waals surface area contributed by atoms with Gasteiger partial charge in [-0.15, -0.1) is 0 Å². The summed E-state index contributed by atoms with van der Waals surface area (Å²) in [5.41, 5.74) is 0. The van der Waals surface area contributed by atoms with Gasteiger partial charge in [-0.3, -0.25) is 4.79 Å². The first kappa shape index (κ1) is 8.08. The summed E-state index contributed by atoms with van der Waals surface area (Å²) in [6, 6.07) is 0. The quantitative estimate of drug-likeness (QED) is 0.615. The molecule has 1 heterocycles. The van der Waals surface area contributed by atoms with Crippen LogP contribution in [-0.4, -0.2) is 24.5 Å². The molecular weight excluding hydrogens is 146 g/mol. The molecule has 0 atom stereocenters. The highest BCUT2D eigenvalue weighted by Gasteiger charge is 2.19. The van der Waals surface area contributed by atoms with E-state index in [1.54, 1.807) is 0 Å². The average molecular weight is 159 g/mol. The molecule has 0 saturated carbocycles. The van der Waals surface area contributed by atoms with E-state index in [9.17, 15) is 4.79 Å². The van der Waals surface area contributed by atoms with Crippen LogP contribution in [-0.2, 0) is 4.79 Å². The molecule has 2 nitrogen and oxygen atoms in total. The molecule has 0 amide bonds. The Labute approximate surface area is 65.8 Å². The molecule has 3 heteroatoms. The summed E-state index contributed by atoms with van der Waals surface area (Å²) in [6.07, 6.45) is 3.92. The topological polar surface area (TPSA) is 29.1 Å². The monoisotopic (exact) mass is 159 g/mol. The minimum absolute atomic E-state index is 0.330. The van der Waals surface area contributed by atoms with Crippen LogP contribution in [0.4, 0.5) is 0 Å². The Kier molecular flexibility index (Phi) is 3.22. The van der Waals surface area contributed by atoms with Crippen LogP contribution >= 0.6 is 11.8 Å². The van der Waals surface area contributed by atoms with E-state index in [1.165, 1.54) is 11.8 Å². The molecule has 0 unspecified atom stereocenters. The van der Waals surface area contributed by atoms with Crippen molar-refractivity contribution in [1.29, 1.82) is 0 Å². The van der Waals surface area contributed by atoms with Gasteiger partial charge in [0.1, 0.15) is 0 Å². The van der Waals surface area contributed by atoms with Gasteiger partial charge >= 0.3 is 0 Å². The number of rotatable bonds is 1. The molecule has 0 aromatic carbocycles. The lowest BCUT2D eigenvalue weighted by Gasteiger charge is -2.19. The van der Waals surface area contributed by atoms with Gasteiger partial charge in [-0.1, -0.05) is 11.8 Å². The van der Waals surface area contributed by atoms with Crippen LogP contribution in [0.3, 0.4) is 0 Å². The first-order valence-corrected chi connectivity index (χ1v) is 4.85. The lowest BCUT2D eigenvalue weighted by molar-refractivity contribution is -0.115. The van der Waals surface area contributed by atoms with E-state index in [4.69, 9.17) is 0 Å². The predicted molar refractivity (Wildman–Crippen MR) is 44.1 cm³/mol. The van der Waals surface area contributed by atoms with E-state index in [2.05, 4.69) is 5.32 Å². The molecule has 0 aromatic rings. The molecule has 1 aliphatic rings. The molecule has 1 fully saturated rings. The molecule has 0 bridgehead atoms. The number of carbonyl (C=O) groups is 1.